The lowest BCUT2D eigenvalue weighted by Gasteiger charge is -2.24. The number of ether oxygens (including phenoxy) is 3. The van der Waals surface area contributed by atoms with E-state index in [1.807, 2.05) is 12.1 Å². The minimum Gasteiger partial charge on any atom is -0.497 e. The first kappa shape index (κ1) is 25.2. The Kier molecular flexibility index (Phi) is 8.41. The van der Waals surface area contributed by atoms with E-state index < -0.39 is 11.9 Å². The Hall–Kier alpha value is -4.38. The van der Waals surface area contributed by atoms with Crippen LogP contribution >= 0.6 is 0 Å². The highest BCUT2D eigenvalue weighted by molar-refractivity contribution is 6.00. The van der Waals surface area contributed by atoms with Crippen molar-refractivity contribution in [1.82, 2.24) is 9.97 Å². The van der Waals surface area contributed by atoms with Gasteiger partial charge in [0.2, 0.25) is 11.8 Å². The number of nitrogens with two attached hydrogens (primary N) is 2. The molecule has 0 radical (unpaired) electrons. The Balaban J connectivity index is 2.03. The average molecular weight is 481 g/mol. The number of hydrogen-bond donors (Lipinski definition) is 3. The predicted molar refractivity (Wildman–Crippen MR) is 131 cm³/mol. The standard InChI is InChI=1S/C24H28N6O5/c1-15(11-12-31)30(26)24-28-22(27-17-5-4-6-19(13-17)34-3)20(21(25)32)23(29-24)35-14-16-7-9-18(33-2)10-8-16/h4-10,12-13,15H,11,14,26H2,1-3H3,(H2,25,32)(H,27,28,29)/t15-/m1/s1. The van der Waals surface area contributed by atoms with Crippen LogP contribution in [0.4, 0.5) is 17.5 Å². The lowest BCUT2D eigenvalue weighted by atomic mass is 10.2. The van der Waals surface area contributed by atoms with Crippen LogP contribution in [0.15, 0.2) is 48.5 Å². The summed E-state index contributed by atoms with van der Waals surface area (Å²) in [5.41, 5.74) is 7.03. The molecule has 5 N–H and O–H groups in total. The fraction of sp³-hybridized carbons (Fsp3) is 0.250. The normalized spacial score (nSPS) is 11.3. The fourth-order valence-electron chi connectivity index (χ4n) is 3.12. The molecule has 0 saturated carbocycles. The number of methoxy groups -OCH3 is 2. The Morgan fingerprint density at radius 2 is 1.83 bits per heavy atom. The smallest absolute Gasteiger partial charge is 0.258 e. The van der Waals surface area contributed by atoms with Crippen LogP contribution in [0.1, 0.15) is 29.3 Å². The average Bonchev–Trinajstić information content (AvgIpc) is 2.87. The van der Waals surface area contributed by atoms with E-state index in [9.17, 15) is 9.59 Å². The number of aldehydes is 1. The van der Waals surface area contributed by atoms with E-state index in [4.69, 9.17) is 25.8 Å². The van der Waals surface area contributed by atoms with Crippen LogP contribution in [0.25, 0.3) is 0 Å². The molecule has 0 saturated heterocycles. The van der Waals surface area contributed by atoms with Gasteiger partial charge in [0.25, 0.3) is 5.91 Å². The van der Waals surface area contributed by atoms with Gasteiger partial charge in [0.15, 0.2) is 5.82 Å². The third-order valence-corrected chi connectivity index (χ3v) is 5.12. The molecule has 1 amide bonds. The molecule has 1 heterocycles. The second kappa shape index (κ2) is 11.7. The Morgan fingerprint density at radius 1 is 1.11 bits per heavy atom. The van der Waals surface area contributed by atoms with E-state index in [0.717, 1.165) is 11.8 Å². The third-order valence-electron chi connectivity index (χ3n) is 5.12. The highest BCUT2D eigenvalue weighted by atomic mass is 16.5. The number of hydrazine groups is 1. The van der Waals surface area contributed by atoms with E-state index in [2.05, 4.69) is 15.3 Å². The number of nitrogens with zero attached hydrogens (tertiary/aromatic N) is 3. The van der Waals surface area contributed by atoms with Crippen molar-refractivity contribution in [2.24, 2.45) is 11.6 Å². The monoisotopic (exact) mass is 480 g/mol. The molecule has 0 aliphatic rings. The molecule has 0 aliphatic carbocycles. The van der Waals surface area contributed by atoms with E-state index in [-0.39, 0.29) is 36.2 Å². The van der Waals surface area contributed by atoms with Gasteiger partial charge in [-0.2, -0.15) is 9.97 Å². The fourth-order valence-corrected chi connectivity index (χ4v) is 3.12. The molecule has 11 heteroatoms. The highest BCUT2D eigenvalue weighted by Crippen LogP contribution is 2.30. The van der Waals surface area contributed by atoms with Crippen LogP contribution in [0, 0.1) is 0 Å². The number of carbonyl (C=O) groups excluding carboxylic acids is 2. The number of anilines is 3. The van der Waals surface area contributed by atoms with E-state index in [0.29, 0.717) is 17.2 Å². The van der Waals surface area contributed by atoms with Gasteiger partial charge in [0.05, 0.1) is 20.3 Å². The minimum absolute atomic E-state index is 0.0412. The predicted octanol–water partition coefficient (Wildman–Crippen LogP) is 2.57. The van der Waals surface area contributed by atoms with Gasteiger partial charge in [-0.1, -0.05) is 18.2 Å². The zero-order valence-corrected chi connectivity index (χ0v) is 19.7. The number of aromatic nitrogens is 2. The molecule has 0 bridgehead atoms. The van der Waals surface area contributed by atoms with Crippen LogP contribution in [0.2, 0.25) is 0 Å². The third kappa shape index (κ3) is 6.36. The Morgan fingerprint density at radius 3 is 2.46 bits per heavy atom. The van der Waals surface area contributed by atoms with Crippen molar-refractivity contribution in [2.75, 3.05) is 24.5 Å². The lowest BCUT2D eigenvalue weighted by Crippen LogP contribution is -2.41. The maximum absolute atomic E-state index is 12.5. The second-order valence-electron chi connectivity index (χ2n) is 7.57. The number of primary amides is 1. The van der Waals surface area contributed by atoms with Gasteiger partial charge in [0, 0.05) is 18.2 Å². The summed E-state index contributed by atoms with van der Waals surface area (Å²) in [6, 6.07) is 13.8. The van der Waals surface area contributed by atoms with Gasteiger partial charge in [0.1, 0.15) is 30.0 Å². The second-order valence-corrected chi connectivity index (χ2v) is 7.57. The highest BCUT2D eigenvalue weighted by Gasteiger charge is 2.24. The molecule has 0 aliphatic heterocycles. The van der Waals surface area contributed by atoms with Crippen molar-refractivity contribution in [3.05, 3.63) is 59.7 Å². The van der Waals surface area contributed by atoms with Crippen molar-refractivity contribution >= 4 is 29.6 Å². The molecular formula is C24H28N6O5. The first-order valence-electron chi connectivity index (χ1n) is 10.7. The summed E-state index contributed by atoms with van der Waals surface area (Å²) in [4.78, 5) is 32.2. The molecule has 0 fully saturated rings. The van der Waals surface area contributed by atoms with Gasteiger partial charge in [-0.3, -0.25) is 9.80 Å². The Labute approximate surface area is 203 Å². The SMILES string of the molecule is COc1ccc(COc2nc(N(N)[C@H](C)CC=O)nc(Nc3cccc(OC)c3)c2C(N)=O)cc1. The zero-order chi connectivity index (χ0) is 25.4. The zero-order valence-electron chi connectivity index (χ0n) is 19.7. The largest absolute Gasteiger partial charge is 0.497 e. The molecule has 3 rings (SSSR count). The quantitative estimate of drug-likeness (QED) is 0.200. The number of hydrogen-bond acceptors (Lipinski definition) is 10. The molecular weight excluding hydrogens is 452 g/mol. The van der Waals surface area contributed by atoms with Gasteiger partial charge in [-0.05, 0) is 36.8 Å². The van der Waals surface area contributed by atoms with Crippen LogP contribution in [-0.4, -0.2) is 42.4 Å². The summed E-state index contributed by atoms with van der Waals surface area (Å²) in [7, 11) is 3.12. The molecule has 3 aromatic rings. The first-order chi connectivity index (χ1) is 16.9. The molecule has 184 valence electrons. The van der Waals surface area contributed by atoms with Gasteiger partial charge in [-0.15, -0.1) is 0 Å². The van der Waals surface area contributed by atoms with Crippen molar-refractivity contribution in [3.8, 4) is 17.4 Å². The van der Waals surface area contributed by atoms with Crippen LogP contribution in [-0.2, 0) is 11.4 Å². The van der Waals surface area contributed by atoms with Crippen molar-refractivity contribution < 1.29 is 23.8 Å². The first-order valence-corrected chi connectivity index (χ1v) is 10.7. The van der Waals surface area contributed by atoms with Crippen LogP contribution in [0.5, 0.6) is 17.4 Å². The van der Waals surface area contributed by atoms with Crippen molar-refractivity contribution in [1.29, 1.82) is 0 Å². The molecule has 1 aromatic heterocycles. The lowest BCUT2D eigenvalue weighted by molar-refractivity contribution is -0.108. The molecule has 1 atom stereocenters. The molecule has 11 nitrogen and oxygen atoms in total. The number of amides is 1. The summed E-state index contributed by atoms with van der Waals surface area (Å²) in [5.74, 6) is 6.76. The summed E-state index contributed by atoms with van der Waals surface area (Å²) >= 11 is 0. The summed E-state index contributed by atoms with van der Waals surface area (Å²) < 4.78 is 16.3. The Bertz CT molecular complexity index is 1170. The number of nitrogens with one attached hydrogen (secondary N) is 1. The molecule has 2 aromatic carbocycles. The number of rotatable bonds is 12. The number of carbonyl (C=O) groups is 2. The van der Waals surface area contributed by atoms with E-state index in [1.165, 1.54) is 5.01 Å². The summed E-state index contributed by atoms with van der Waals surface area (Å²) in [5, 5.41) is 4.30. The van der Waals surface area contributed by atoms with E-state index >= 15 is 0 Å². The minimum atomic E-state index is -0.795. The topological polar surface area (TPSA) is 155 Å². The molecule has 0 unspecified atom stereocenters. The van der Waals surface area contributed by atoms with Gasteiger partial charge >= 0.3 is 0 Å². The summed E-state index contributed by atoms with van der Waals surface area (Å²) in [6.07, 6.45) is 0.900. The van der Waals surface area contributed by atoms with Gasteiger partial charge < -0.3 is 30.1 Å². The van der Waals surface area contributed by atoms with Crippen LogP contribution < -0.4 is 36.1 Å². The maximum Gasteiger partial charge on any atom is 0.258 e. The maximum atomic E-state index is 12.5. The van der Waals surface area contributed by atoms with E-state index in [1.54, 1.807) is 57.5 Å². The van der Waals surface area contributed by atoms with Crippen molar-refractivity contribution in [2.45, 2.75) is 26.0 Å². The van der Waals surface area contributed by atoms with Crippen molar-refractivity contribution in [3.63, 3.8) is 0 Å². The number of benzene rings is 2. The molecule has 35 heavy (non-hydrogen) atoms. The summed E-state index contributed by atoms with van der Waals surface area (Å²) in [6.45, 7) is 1.83. The van der Waals surface area contributed by atoms with Crippen LogP contribution in [0.3, 0.4) is 0 Å². The molecule has 0 spiro atoms. The van der Waals surface area contributed by atoms with Gasteiger partial charge in [-0.25, -0.2) is 5.84 Å².